The fourth-order valence-corrected chi connectivity index (χ4v) is 4.30. The Hall–Kier alpha value is -3.88. The summed E-state index contributed by atoms with van der Waals surface area (Å²) in [6.45, 7) is 0.509. The average molecular weight is 503 g/mol. The third-order valence-electron chi connectivity index (χ3n) is 5.66. The molecule has 1 aliphatic heterocycles. The van der Waals surface area contributed by atoms with Gasteiger partial charge < -0.3 is 15.0 Å². The van der Waals surface area contributed by atoms with Crippen molar-refractivity contribution in [2.45, 2.75) is 17.9 Å². The molecule has 184 valence electrons. The number of carbonyl (C=O) groups is 3. The van der Waals surface area contributed by atoms with Gasteiger partial charge >= 0.3 is 5.97 Å². The van der Waals surface area contributed by atoms with E-state index in [-0.39, 0.29) is 31.4 Å². The minimum absolute atomic E-state index is 0.0673. The quantitative estimate of drug-likeness (QED) is 0.354. The molecule has 8 heteroatoms. The molecule has 36 heavy (non-hydrogen) atoms. The van der Waals surface area contributed by atoms with Crippen molar-refractivity contribution in [1.29, 1.82) is 0 Å². The molecule has 0 saturated heterocycles. The number of benzene rings is 3. The monoisotopic (exact) mass is 502 g/mol. The summed E-state index contributed by atoms with van der Waals surface area (Å²) in [5.74, 6) is -0.800. The largest absolute Gasteiger partial charge is 0.467 e. The molecule has 0 radical (unpaired) electrons. The lowest BCUT2D eigenvalue weighted by atomic mass is 10.0. The van der Waals surface area contributed by atoms with Gasteiger partial charge in [0.1, 0.15) is 0 Å². The number of amides is 2. The first-order valence-corrected chi connectivity index (χ1v) is 12.2. The van der Waals surface area contributed by atoms with Gasteiger partial charge in [0.25, 0.3) is 5.91 Å². The zero-order chi connectivity index (χ0) is 25.3. The van der Waals surface area contributed by atoms with Crippen LogP contribution in [0.4, 0.5) is 5.69 Å². The van der Waals surface area contributed by atoms with Crippen molar-refractivity contribution in [2.24, 2.45) is 0 Å². The summed E-state index contributed by atoms with van der Waals surface area (Å²) < 4.78 is 9.70. The van der Waals surface area contributed by atoms with Crippen LogP contribution in [0.1, 0.15) is 33.5 Å². The maximum Gasteiger partial charge on any atom is 0.333 e. The van der Waals surface area contributed by atoms with Gasteiger partial charge in [0.2, 0.25) is 5.91 Å². The van der Waals surface area contributed by atoms with Gasteiger partial charge in [-0.3, -0.25) is 13.8 Å². The number of rotatable bonds is 8. The van der Waals surface area contributed by atoms with E-state index >= 15 is 0 Å². The van der Waals surface area contributed by atoms with Gasteiger partial charge in [0, 0.05) is 35.5 Å². The smallest absolute Gasteiger partial charge is 0.333 e. The summed E-state index contributed by atoms with van der Waals surface area (Å²) in [6.07, 6.45) is 4.27. The summed E-state index contributed by atoms with van der Waals surface area (Å²) in [5.41, 5.74) is 4.43. The first kappa shape index (κ1) is 25.2. The summed E-state index contributed by atoms with van der Waals surface area (Å²) >= 11 is 1.03. The number of methoxy groups -OCH3 is 1. The van der Waals surface area contributed by atoms with Crippen molar-refractivity contribution in [1.82, 2.24) is 5.32 Å². The van der Waals surface area contributed by atoms with Crippen LogP contribution in [-0.2, 0) is 25.1 Å². The highest BCUT2D eigenvalue weighted by Gasteiger charge is 2.21. The number of ether oxygens (including phenoxy) is 1. The van der Waals surface area contributed by atoms with E-state index in [2.05, 4.69) is 16.1 Å². The average Bonchev–Trinajstić information content (AvgIpc) is 2.90. The van der Waals surface area contributed by atoms with Crippen LogP contribution in [0.25, 0.3) is 12.2 Å². The zero-order valence-electron chi connectivity index (χ0n) is 19.8. The zero-order valence-corrected chi connectivity index (χ0v) is 20.6. The summed E-state index contributed by atoms with van der Waals surface area (Å²) in [5, 5.41) is 2.83. The fraction of sp³-hybridized carbons (Fsp3) is 0.179. The first-order valence-electron chi connectivity index (χ1n) is 11.4. The predicted octanol–water partition coefficient (Wildman–Crippen LogP) is 4.72. The van der Waals surface area contributed by atoms with Crippen LogP contribution in [0.15, 0.2) is 77.7 Å². The van der Waals surface area contributed by atoms with Gasteiger partial charge in [-0.2, -0.15) is 0 Å². The Balaban J connectivity index is 1.35. The summed E-state index contributed by atoms with van der Waals surface area (Å²) in [6, 6.07) is 22.6. The second-order valence-corrected chi connectivity index (χ2v) is 8.90. The molecule has 3 aromatic rings. The number of para-hydroxylation sites is 1. The first-order chi connectivity index (χ1) is 17.5. The van der Waals surface area contributed by atoms with Gasteiger partial charge in [-0.05, 0) is 47.0 Å². The number of fused-ring (bicyclic) bond motifs is 2. The standard InChI is InChI=1S/C28H26N2O5S/c1-34-27(32)19-35-36-24-14-12-22(13-15-24)28(33)29-17-16-26(31)30-18-23-8-3-2-6-20(23)10-11-21-7-4-5-9-25(21)30/h2-15H,16-19H2,1H3,(H,29,33)/b11-10-. The SMILES string of the molecule is COC(=O)COSc1ccc(C(=O)NCCC(=O)N2Cc3ccccc3/C=C\c3ccccc32)cc1. The van der Waals surface area contributed by atoms with Crippen LogP contribution in [0.2, 0.25) is 0 Å². The Labute approximate surface area is 214 Å². The molecule has 3 aromatic carbocycles. The molecule has 0 aliphatic carbocycles. The van der Waals surface area contributed by atoms with Crippen LogP contribution in [0.3, 0.4) is 0 Å². The number of hydrogen-bond acceptors (Lipinski definition) is 6. The summed E-state index contributed by atoms with van der Waals surface area (Å²) in [4.78, 5) is 39.5. The number of esters is 1. The molecule has 0 unspecified atom stereocenters. The Morgan fingerprint density at radius 3 is 2.39 bits per heavy atom. The third kappa shape index (κ3) is 6.41. The highest BCUT2D eigenvalue weighted by molar-refractivity contribution is 7.94. The molecule has 4 rings (SSSR count). The van der Waals surface area contributed by atoms with Crippen LogP contribution >= 0.6 is 12.0 Å². The number of carbonyl (C=O) groups excluding carboxylic acids is 3. The molecular formula is C28H26N2O5S. The number of anilines is 1. The van der Waals surface area contributed by atoms with E-state index in [9.17, 15) is 14.4 Å². The molecule has 0 saturated carbocycles. The molecule has 1 heterocycles. The lowest BCUT2D eigenvalue weighted by molar-refractivity contribution is -0.142. The normalized spacial score (nSPS) is 13.0. The van der Waals surface area contributed by atoms with E-state index in [0.29, 0.717) is 12.1 Å². The fourth-order valence-electron chi connectivity index (χ4n) is 3.76. The van der Waals surface area contributed by atoms with Gasteiger partial charge in [0.15, 0.2) is 6.61 Å². The van der Waals surface area contributed by atoms with Crippen molar-refractivity contribution in [2.75, 3.05) is 25.2 Å². The molecule has 7 nitrogen and oxygen atoms in total. The maximum atomic E-state index is 13.3. The van der Waals surface area contributed by atoms with Crippen LogP contribution < -0.4 is 10.2 Å². The summed E-state index contributed by atoms with van der Waals surface area (Å²) in [7, 11) is 1.29. The topological polar surface area (TPSA) is 84.9 Å². The molecule has 0 aromatic heterocycles. The molecule has 0 bridgehead atoms. The molecule has 0 spiro atoms. The lowest BCUT2D eigenvalue weighted by Crippen LogP contribution is -2.35. The molecule has 1 N–H and O–H groups in total. The van der Waals surface area contributed by atoms with E-state index in [1.165, 1.54) is 7.11 Å². The Morgan fingerprint density at radius 1 is 0.917 bits per heavy atom. The number of nitrogens with one attached hydrogen (secondary N) is 1. The van der Waals surface area contributed by atoms with Crippen LogP contribution in [0.5, 0.6) is 0 Å². The minimum Gasteiger partial charge on any atom is -0.467 e. The second-order valence-electron chi connectivity index (χ2n) is 8.02. The lowest BCUT2D eigenvalue weighted by Gasteiger charge is -2.27. The number of nitrogens with zero attached hydrogens (tertiary/aromatic N) is 1. The Morgan fingerprint density at radius 2 is 1.61 bits per heavy atom. The minimum atomic E-state index is -0.465. The van der Waals surface area contributed by atoms with E-state index in [4.69, 9.17) is 4.18 Å². The van der Waals surface area contributed by atoms with Crippen molar-refractivity contribution < 1.29 is 23.3 Å². The van der Waals surface area contributed by atoms with E-state index < -0.39 is 5.97 Å². The van der Waals surface area contributed by atoms with Crippen LogP contribution in [-0.4, -0.2) is 38.0 Å². The highest BCUT2D eigenvalue weighted by atomic mass is 32.2. The van der Waals surface area contributed by atoms with E-state index in [1.807, 2.05) is 54.6 Å². The number of hydrogen-bond donors (Lipinski definition) is 1. The van der Waals surface area contributed by atoms with Gasteiger partial charge in [-0.1, -0.05) is 54.6 Å². The Bertz CT molecular complexity index is 1270. The van der Waals surface area contributed by atoms with E-state index in [1.54, 1.807) is 29.2 Å². The molecular weight excluding hydrogens is 476 g/mol. The molecule has 1 aliphatic rings. The maximum absolute atomic E-state index is 13.3. The van der Waals surface area contributed by atoms with E-state index in [0.717, 1.165) is 39.3 Å². The van der Waals surface area contributed by atoms with Gasteiger partial charge in [0.05, 0.1) is 19.3 Å². The van der Waals surface area contributed by atoms with Gasteiger partial charge in [-0.15, -0.1) is 0 Å². The second kappa shape index (κ2) is 12.2. The van der Waals surface area contributed by atoms with Crippen molar-refractivity contribution >= 4 is 47.7 Å². The molecule has 0 fully saturated rings. The van der Waals surface area contributed by atoms with Crippen molar-refractivity contribution in [3.05, 3.63) is 95.1 Å². The van der Waals surface area contributed by atoms with Crippen LogP contribution in [0, 0.1) is 0 Å². The van der Waals surface area contributed by atoms with Crippen molar-refractivity contribution in [3.63, 3.8) is 0 Å². The molecule has 2 amide bonds. The third-order valence-corrected chi connectivity index (χ3v) is 6.36. The predicted molar refractivity (Wildman–Crippen MR) is 140 cm³/mol. The van der Waals surface area contributed by atoms with Gasteiger partial charge in [-0.25, -0.2) is 4.79 Å². The molecule has 0 atom stereocenters. The highest BCUT2D eigenvalue weighted by Crippen LogP contribution is 2.29. The Kier molecular flexibility index (Phi) is 8.54. The van der Waals surface area contributed by atoms with Crippen molar-refractivity contribution in [3.8, 4) is 0 Å².